The highest BCUT2D eigenvalue weighted by Crippen LogP contribution is 1.97. The van der Waals surface area contributed by atoms with E-state index >= 15 is 0 Å². The van der Waals surface area contributed by atoms with Crippen LogP contribution in [-0.4, -0.2) is 8.42 Å². The van der Waals surface area contributed by atoms with Gasteiger partial charge >= 0.3 is 0 Å². The largest absolute Gasteiger partial charge is 0.237 e. The van der Waals surface area contributed by atoms with Crippen LogP contribution in [0.2, 0.25) is 0 Å². The summed E-state index contributed by atoms with van der Waals surface area (Å²) in [4.78, 5) is -0.0648. The molecule has 0 rings (SSSR count). The normalized spacial score (nSPS) is 12.2. The van der Waals surface area contributed by atoms with Crippen molar-refractivity contribution in [2.45, 2.75) is 6.92 Å². The van der Waals surface area contributed by atoms with Crippen LogP contribution in [0.25, 0.3) is 0 Å². The smallest absolute Gasteiger partial charge is 0.225 e. The zero-order valence-electron chi connectivity index (χ0n) is 5.16. The monoisotopic (exact) mass is 147 g/mol. The van der Waals surface area contributed by atoms with Crippen LogP contribution < -0.4 is 5.14 Å². The van der Waals surface area contributed by atoms with Crippen molar-refractivity contribution >= 4 is 10.0 Å². The standard InChI is InChI=1S/C5H9NO2S/c1-3-4-5(2)9(6,7)8/h3-4H,2H2,1H3,(H2,6,7,8)/b4-3-. The molecule has 9 heavy (non-hydrogen) atoms. The second kappa shape index (κ2) is 2.80. The van der Waals surface area contributed by atoms with E-state index in [1.807, 2.05) is 0 Å². The van der Waals surface area contributed by atoms with Gasteiger partial charge in [0, 0.05) is 0 Å². The molecule has 0 amide bonds. The van der Waals surface area contributed by atoms with Gasteiger partial charge in [-0.05, 0) is 13.0 Å². The molecular weight excluding hydrogens is 138 g/mol. The number of sulfonamides is 1. The fourth-order valence-electron chi connectivity index (χ4n) is 0.281. The molecule has 0 saturated carbocycles. The van der Waals surface area contributed by atoms with E-state index in [9.17, 15) is 8.42 Å². The van der Waals surface area contributed by atoms with Crippen LogP contribution in [0, 0.1) is 0 Å². The van der Waals surface area contributed by atoms with Crippen LogP contribution >= 0.6 is 0 Å². The Morgan fingerprint density at radius 3 is 2.22 bits per heavy atom. The van der Waals surface area contributed by atoms with E-state index in [0.717, 1.165) is 0 Å². The number of allylic oxidation sites excluding steroid dienone is 2. The summed E-state index contributed by atoms with van der Waals surface area (Å²) < 4.78 is 20.7. The Kier molecular flexibility index (Phi) is 2.61. The minimum Gasteiger partial charge on any atom is -0.225 e. The second-order valence-electron chi connectivity index (χ2n) is 1.51. The molecule has 0 unspecified atom stereocenters. The van der Waals surface area contributed by atoms with Crippen molar-refractivity contribution in [2.24, 2.45) is 5.14 Å². The first-order valence-electron chi connectivity index (χ1n) is 2.33. The van der Waals surface area contributed by atoms with Gasteiger partial charge in [0.15, 0.2) is 0 Å². The van der Waals surface area contributed by atoms with Crippen molar-refractivity contribution in [1.82, 2.24) is 0 Å². The molecule has 0 fully saturated rings. The Balaban J connectivity index is 4.45. The molecule has 2 N–H and O–H groups in total. The maximum Gasteiger partial charge on any atom is 0.237 e. The van der Waals surface area contributed by atoms with Crippen LogP contribution in [0.1, 0.15) is 6.92 Å². The second-order valence-corrected chi connectivity index (χ2v) is 3.13. The van der Waals surface area contributed by atoms with Gasteiger partial charge in [-0.15, -0.1) is 0 Å². The van der Waals surface area contributed by atoms with Crippen LogP contribution in [0.3, 0.4) is 0 Å². The predicted octanol–water partition coefficient (Wildman–Crippen LogP) is 0.365. The molecular formula is C5H9NO2S. The fraction of sp³-hybridized carbons (Fsp3) is 0.200. The fourth-order valence-corrected chi connectivity index (χ4v) is 0.606. The summed E-state index contributed by atoms with van der Waals surface area (Å²) in [6.45, 7) is 4.91. The number of hydrogen-bond donors (Lipinski definition) is 1. The van der Waals surface area contributed by atoms with E-state index in [1.165, 1.54) is 6.08 Å². The van der Waals surface area contributed by atoms with E-state index in [0.29, 0.717) is 0 Å². The number of rotatable bonds is 2. The molecule has 0 radical (unpaired) electrons. The van der Waals surface area contributed by atoms with Gasteiger partial charge in [-0.1, -0.05) is 12.7 Å². The lowest BCUT2D eigenvalue weighted by atomic mass is 10.5. The van der Waals surface area contributed by atoms with Crippen molar-refractivity contribution in [3.63, 3.8) is 0 Å². The number of primary sulfonamides is 1. The van der Waals surface area contributed by atoms with E-state index in [1.54, 1.807) is 13.0 Å². The molecule has 0 saturated heterocycles. The van der Waals surface area contributed by atoms with Crippen molar-refractivity contribution in [3.05, 3.63) is 23.6 Å². The third-order valence-electron chi connectivity index (χ3n) is 0.718. The zero-order chi connectivity index (χ0) is 7.49. The lowest BCUT2D eigenvalue weighted by molar-refractivity contribution is 0.604. The highest BCUT2D eigenvalue weighted by atomic mass is 32.2. The highest BCUT2D eigenvalue weighted by Gasteiger charge is 2.02. The van der Waals surface area contributed by atoms with Crippen LogP contribution in [-0.2, 0) is 10.0 Å². The van der Waals surface area contributed by atoms with Crippen molar-refractivity contribution in [1.29, 1.82) is 0 Å². The van der Waals surface area contributed by atoms with Crippen LogP contribution in [0.15, 0.2) is 23.6 Å². The third-order valence-corrected chi connectivity index (χ3v) is 1.58. The molecule has 0 bridgehead atoms. The van der Waals surface area contributed by atoms with Crippen molar-refractivity contribution in [2.75, 3.05) is 0 Å². The van der Waals surface area contributed by atoms with Crippen LogP contribution in [0.5, 0.6) is 0 Å². The van der Waals surface area contributed by atoms with E-state index in [-0.39, 0.29) is 4.91 Å². The summed E-state index contributed by atoms with van der Waals surface area (Å²) in [5.41, 5.74) is 0. The summed E-state index contributed by atoms with van der Waals surface area (Å²) in [6, 6.07) is 0. The average Bonchev–Trinajstić information content (AvgIpc) is 1.64. The van der Waals surface area contributed by atoms with Gasteiger partial charge in [-0.2, -0.15) is 0 Å². The average molecular weight is 147 g/mol. The first-order chi connectivity index (χ1) is 3.98. The molecule has 0 atom stereocenters. The molecule has 0 aliphatic rings. The molecule has 3 nitrogen and oxygen atoms in total. The Morgan fingerprint density at radius 1 is 1.67 bits per heavy atom. The molecule has 0 aliphatic carbocycles. The number of nitrogens with two attached hydrogens (primary N) is 1. The summed E-state index contributed by atoms with van der Waals surface area (Å²) in [6.07, 6.45) is 2.90. The minimum atomic E-state index is -3.55. The van der Waals surface area contributed by atoms with Gasteiger partial charge < -0.3 is 0 Å². The van der Waals surface area contributed by atoms with Gasteiger partial charge in [0.05, 0.1) is 4.91 Å². The van der Waals surface area contributed by atoms with Crippen molar-refractivity contribution in [3.8, 4) is 0 Å². The Labute approximate surface area is 54.9 Å². The predicted molar refractivity (Wildman–Crippen MR) is 37.1 cm³/mol. The Morgan fingerprint density at radius 2 is 2.11 bits per heavy atom. The molecule has 52 valence electrons. The summed E-state index contributed by atoms with van der Waals surface area (Å²) in [5.74, 6) is 0. The van der Waals surface area contributed by atoms with E-state index < -0.39 is 10.0 Å². The quantitative estimate of drug-likeness (QED) is 0.573. The Bertz CT molecular complexity index is 225. The van der Waals surface area contributed by atoms with Gasteiger partial charge in [0.1, 0.15) is 0 Å². The van der Waals surface area contributed by atoms with Gasteiger partial charge in [0.2, 0.25) is 10.0 Å². The lowest BCUT2D eigenvalue weighted by Crippen LogP contribution is -2.12. The summed E-state index contributed by atoms with van der Waals surface area (Å²) in [7, 11) is -3.55. The number of hydrogen-bond acceptors (Lipinski definition) is 2. The van der Waals surface area contributed by atoms with Gasteiger partial charge in [-0.3, -0.25) is 0 Å². The minimum absolute atomic E-state index is 0.0648. The summed E-state index contributed by atoms with van der Waals surface area (Å²) >= 11 is 0. The topological polar surface area (TPSA) is 60.2 Å². The summed E-state index contributed by atoms with van der Waals surface area (Å²) in [5, 5.41) is 4.69. The first kappa shape index (κ1) is 8.39. The highest BCUT2D eigenvalue weighted by molar-refractivity contribution is 7.93. The molecule has 0 heterocycles. The molecule has 4 heteroatoms. The molecule has 0 aliphatic heterocycles. The van der Waals surface area contributed by atoms with E-state index in [4.69, 9.17) is 0 Å². The molecule has 0 aromatic rings. The lowest BCUT2D eigenvalue weighted by Gasteiger charge is -1.91. The maximum absolute atomic E-state index is 10.3. The molecule has 0 aromatic heterocycles. The molecule has 0 spiro atoms. The zero-order valence-corrected chi connectivity index (χ0v) is 5.98. The van der Waals surface area contributed by atoms with Gasteiger partial charge in [-0.25, -0.2) is 13.6 Å². The SMILES string of the molecule is C=C(/C=C\C)S(N)(=O)=O. The Hall–Kier alpha value is -0.610. The van der Waals surface area contributed by atoms with Crippen molar-refractivity contribution < 1.29 is 8.42 Å². The van der Waals surface area contributed by atoms with Gasteiger partial charge in [0.25, 0.3) is 0 Å². The van der Waals surface area contributed by atoms with Crippen LogP contribution in [0.4, 0.5) is 0 Å². The third kappa shape index (κ3) is 3.05. The van der Waals surface area contributed by atoms with E-state index in [2.05, 4.69) is 11.7 Å². The molecule has 0 aromatic carbocycles. The first-order valence-corrected chi connectivity index (χ1v) is 3.87. The maximum atomic E-state index is 10.3.